The number of hydrogen-bond donors (Lipinski definition) is 0. The van der Waals surface area contributed by atoms with Crippen LogP contribution < -0.4 is 4.31 Å². The monoisotopic (exact) mass is 308 g/mol. The summed E-state index contributed by atoms with van der Waals surface area (Å²) in [6, 6.07) is 7.30. The van der Waals surface area contributed by atoms with E-state index in [2.05, 4.69) is 6.58 Å². The molecule has 1 unspecified atom stereocenters. The van der Waals surface area contributed by atoms with Crippen molar-refractivity contribution in [3.63, 3.8) is 0 Å². The zero-order valence-electron chi connectivity index (χ0n) is 12.3. The van der Waals surface area contributed by atoms with Gasteiger partial charge < -0.3 is 4.90 Å². The number of sulfonamides is 1. The van der Waals surface area contributed by atoms with Crippen LogP contribution in [0.3, 0.4) is 0 Å². The number of benzene rings is 1. The Labute approximate surface area is 125 Å². The third-order valence-electron chi connectivity index (χ3n) is 3.48. The van der Waals surface area contributed by atoms with Gasteiger partial charge >= 0.3 is 0 Å². The number of anilines is 1. The molecule has 0 aromatic heterocycles. The highest BCUT2D eigenvalue weighted by atomic mass is 32.2. The Bertz CT molecular complexity index is 655. The lowest BCUT2D eigenvalue weighted by Crippen LogP contribution is -2.26. The Kier molecular flexibility index (Phi) is 4.37. The van der Waals surface area contributed by atoms with E-state index in [4.69, 9.17) is 0 Å². The van der Waals surface area contributed by atoms with Crippen molar-refractivity contribution >= 4 is 21.6 Å². The van der Waals surface area contributed by atoms with E-state index >= 15 is 0 Å². The molecule has 1 atom stereocenters. The van der Waals surface area contributed by atoms with E-state index in [9.17, 15) is 13.2 Å². The van der Waals surface area contributed by atoms with E-state index < -0.39 is 10.0 Å². The van der Waals surface area contributed by atoms with Gasteiger partial charge in [-0.3, -0.25) is 9.10 Å². The Morgan fingerprint density at radius 1 is 1.52 bits per heavy atom. The Balaban J connectivity index is 2.22. The van der Waals surface area contributed by atoms with Gasteiger partial charge in [0.15, 0.2) is 0 Å². The van der Waals surface area contributed by atoms with E-state index in [1.807, 2.05) is 25.1 Å². The van der Waals surface area contributed by atoms with Crippen molar-refractivity contribution in [3.05, 3.63) is 42.5 Å². The molecular formula is C15H20N2O3S. The molecule has 1 heterocycles. The second kappa shape index (κ2) is 5.89. The Morgan fingerprint density at radius 2 is 2.24 bits per heavy atom. The Hall–Kier alpha value is -1.82. The molecule has 0 radical (unpaired) electrons. The summed E-state index contributed by atoms with van der Waals surface area (Å²) in [7, 11) is -1.53. The van der Waals surface area contributed by atoms with Crippen molar-refractivity contribution in [1.82, 2.24) is 4.90 Å². The predicted octanol–water partition coefficient (Wildman–Crippen LogP) is 1.62. The largest absolute Gasteiger partial charge is 0.338 e. The quantitative estimate of drug-likeness (QED) is 0.794. The highest BCUT2D eigenvalue weighted by molar-refractivity contribution is 7.93. The van der Waals surface area contributed by atoms with Gasteiger partial charge in [-0.2, -0.15) is 0 Å². The highest BCUT2D eigenvalue weighted by Crippen LogP contribution is 2.27. The van der Waals surface area contributed by atoms with E-state index in [1.165, 1.54) is 15.3 Å². The van der Waals surface area contributed by atoms with E-state index in [1.54, 1.807) is 13.1 Å². The van der Waals surface area contributed by atoms with Gasteiger partial charge in [0.2, 0.25) is 15.9 Å². The van der Waals surface area contributed by atoms with E-state index in [0.717, 1.165) is 5.56 Å². The summed E-state index contributed by atoms with van der Waals surface area (Å²) in [5, 5.41) is 0. The number of likely N-dealkylation sites (N-methyl/N-ethyl adjacent to an activating group) is 1. The second-order valence-corrected chi connectivity index (χ2v) is 7.42. The minimum atomic E-state index is -3.22. The average molecular weight is 308 g/mol. The molecule has 1 amide bonds. The molecule has 1 aromatic rings. The average Bonchev–Trinajstić information content (AvgIpc) is 2.71. The number of carbonyl (C=O) groups excluding carboxylic acids is 1. The third kappa shape index (κ3) is 3.44. The van der Waals surface area contributed by atoms with Crippen molar-refractivity contribution in [2.75, 3.05) is 23.7 Å². The molecule has 0 bridgehead atoms. The molecule has 1 aromatic carbocycles. The van der Waals surface area contributed by atoms with Gasteiger partial charge in [0.05, 0.1) is 11.4 Å². The zero-order chi connectivity index (χ0) is 15.6. The van der Waals surface area contributed by atoms with Gasteiger partial charge in [0, 0.05) is 20.1 Å². The minimum Gasteiger partial charge on any atom is -0.338 e. The summed E-state index contributed by atoms with van der Waals surface area (Å²) >= 11 is 0. The van der Waals surface area contributed by atoms with Gasteiger partial charge in [-0.05, 0) is 29.7 Å². The summed E-state index contributed by atoms with van der Waals surface area (Å²) in [4.78, 5) is 13.0. The molecule has 1 fully saturated rings. The fourth-order valence-electron chi connectivity index (χ4n) is 2.48. The number of nitrogens with zero attached hydrogens (tertiary/aromatic N) is 2. The van der Waals surface area contributed by atoms with Crippen LogP contribution in [0.4, 0.5) is 5.69 Å². The van der Waals surface area contributed by atoms with E-state index in [0.29, 0.717) is 18.8 Å². The molecule has 0 saturated carbocycles. The lowest BCUT2D eigenvalue weighted by Gasteiger charge is -2.20. The summed E-state index contributed by atoms with van der Waals surface area (Å²) in [5.41, 5.74) is 1.55. The summed E-state index contributed by atoms with van der Waals surface area (Å²) in [6.07, 6.45) is 1.26. The molecule has 5 nitrogen and oxygen atoms in total. The highest BCUT2D eigenvalue weighted by Gasteiger charge is 2.33. The van der Waals surface area contributed by atoms with Crippen LogP contribution >= 0.6 is 0 Å². The first-order valence-electron chi connectivity index (χ1n) is 6.80. The van der Waals surface area contributed by atoms with Crippen LogP contribution in [0.15, 0.2) is 36.9 Å². The standard InChI is InChI=1S/C15H20N2O3S/c1-4-15(18)16(3)10-13-6-5-7-14(8-13)17-9-12(2)11-21(17,19)20/h4-8,12H,1,9-11H2,2-3H3. The molecular weight excluding hydrogens is 288 g/mol. The fourth-order valence-corrected chi connectivity index (χ4v) is 4.40. The molecule has 0 aliphatic carbocycles. The molecule has 0 spiro atoms. The number of hydrogen-bond acceptors (Lipinski definition) is 3. The van der Waals surface area contributed by atoms with Crippen molar-refractivity contribution in [3.8, 4) is 0 Å². The van der Waals surface area contributed by atoms with Crippen molar-refractivity contribution in [2.24, 2.45) is 5.92 Å². The first-order chi connectivity index (χ1) is 9.83. The van der Waals surface area contributed by atoms with Crippen LogP contribution in [0.25, 0.3) is 0 Å². The van der Waals surface area contributed by atoms with Crippen LogP contribution in [-0.2, 0) is 21.4 Å². The van der Waals surface area contributed by atoms with Crippen LogP contribution in [0, 0.1) is 5.92 Å². The SMILES string of the molecule is C=CC(=O)N(C)Cc1cccc(N2CC(C)CS2(=O)=O)c1. The maximum Gasteiger partial charge on any atom is 0.245 e. The molecule has 1 aliphatic rings. The zero-order valence-corrected chi connectivity index (χ0v) is 13.1. The molecule has 1 aliphatic heterocycles. The van der Waals surface area contributed by atoms with Crippen molar-refractivity contribution < 1.29 is 13.2 Å². The molecule has 114 valence electrons. The molecule has 6 heteroatoms. The summed E-state index contributed by atoms with van der Waals surface area (Å²) < 4.78 is 25.7. The predicted molar refractivity (Wildman–Crippen MR) is 83.4 cm³/mol. The summed E-state index contributed by atoms with van der Waals surface area (Å²) in [6.45, 7) is 6.31. The topological polar surface area (TPSA) is 57.7 Å². The van der Waals surface area contributed by atoms with Gasteiger partial charge in [0.25, 0.3) is 0 Å². The van der Waals surface area contributed by atoms with E-state index in [-0.39, 0.29) is 17.6 Å². The molecule has 21 heavy (non-hydrogen) atoms. The normalized spacial score (nSPS) is 20.3. The lowest BCUT2D eigenvalue weighted by atomic mass is 10.1. The molecule has 0 N–H and O–H groups in total. The van der Waals surface area contributed by atoms with Crippen LogP contribution in [0.2, 0.25) is 0 Å². The number of carbonyl (C=O) groups is 1. The maximum absolute atomic E-state index is 12.1. The van der Waals surface area contributed by atoms with Crippen molar-refractivity contribution in [1.29, 1.82) is 0 Å². The third-order valence-corrected chi connectivity index (χ3v) is 5.50. The van der Waals surface area contributed by atoms with Crippen LogP contribution in [-0.4, -0.2) is 38.6 Å². The van der Waals surface area contributed by atoms with Crippen LogP contribution in [0.5, 0.6) is 0 Å². The first-order valence-corrected chi connectivity index (χ1v) is 8.41. The second-order valence-electron chi connectivity index (χ2n) is 5.48. The minimum absolute atomic E-state index is 0.128. The molecule has 1 saturated heterocycles. The fraction of sp³-hybridized carbons (Fsp3) is 0.400. The first kappa shape index (κ1) is 15.6. The van der Waals surface area contributed by atoms with Crippen LogP contribution in [0.1, 0.15) is 12.5 Å². The lowest BCUT2D eigenvalue weighted by molar-refractivity contribution is -0.125. The maximum atomic E-state index is 12.1. The Morgan fingerprint density at radius 3 is 2.81 bits per heavy atom. The number of rotatable bonds is 4. The van der Waals surface area contributed by atoms with Gasteiger partial charge in [-0.25, -0.2) is 8.42 Å². The smallest absolute Gasteiger partial charge is 0.245 e. The summed E-state index contributed by atoms with van der Waals surface area (Å²) in [5.74, 6) is 0.151. The van der Waals surface area contributed by atoms with Gasteiger partial charge in [-0.15, -0.1) is 0 Å². The van der Waals surface area contributed by atoms with Crippen molar-refractivity contribution in [2.45, 2.75) is 13.5 Å². The van der Waals surface area contributed by atoms with Gasteiger partial charge in [0.1, 0.15) is 0 Å². The molecule has 2 rings (SSSR count). The number of amides is 1. The van der Waals surface area contributed by atoms with Gasteiger partial charge in [-0.1, -0.05) is 25.6 Å².